The molecular formula is C13H18N2O. The van der Waals surface area contributed by atoms with Crippen molar-refractivity contribution in [3.63, 3.8) is 0 Å². The largest absolute Gasteiger partial charge is 0.349 e. The molecule has 3 nitrogen and oxygen atoms in total. The zero-order valence-electron chi connectivity index (χ0n) is 9.57. The summed E-state index contributed by atoms with van der Waals surface area (Å²) in [7, 11) is 0. The van der Waals surface area contributed by atoms with E-state index in [-0.39, 0.29) is 5.91 Å². The van der Waals surface area contributed by atoms with Crippen molar-refractivity contribution in [3.8, 4) is 0 Å². The molecule has 16 heavy (non-hydrogen) atoms. The van der Waals surface area contributed by atoms with Gasteiger partial charge >= 0.3 is 0 Å². The van der Waals surface area contributed by atoms with Gasteiger partial charge in [0.05, 0.1) is 0 Å². The summed E-state index contributed by atoms with van der Waals surface area (Å²) in [5, 5.41) is 3.04. The Morgan fingerprint density at radius 1 is 1.56 bits per heavy atom. The van der Waals surface area contributed by atoms with Gasteiger partial charge in [0.15, 0.2) is 0 Å². The number of benzene rings is 1. The molecule has 0 radical (unpaired) electrons. The van der Waals surface area contributed by atoms with Gasteiger partial charge in [0.1, 0.15) is 0 Å². The summed E-state index contributed by atoms with van der Waals surface area (Å²) in [5.74, 6) is 0.706. The monoisotopic (exact) mass is 218 g/mol. The molecule has 1 fully saturated rings. The fourth-order valence-electron chi connectivity index (χ4n) is 1.97. The Balaban J connectivity index is 1.98. The van der Waals surface area contributed by atoms with Crippen LogP contribution in [0.25, 0.3) is 0 Å². The van der Waals surface area contributed by atoms with Gasteiger partial charge in [-0.15, -0.1) is 0 Å². The summed E-state index contributed by atoms with van der Waals surface area (Å²) in [4.78, 5) is 11.9. The minimum atomic E-state index is 0.0243. The Labute approximate surface area is 96.0 Å². The molecule has 0 aliphatic heterocycles. The SMILES string of the molecule is CCC1CC1NC(=O)c1cccc(CN)c1. The third-order valence-electron chi connectivity index (χ3n) is 3.19. The van der Waals surface area contributed by atoms with Gasteiger partial charge in [0.2, 0.25) is 0 Å². The van der Waals surface area contributed by atoms with Crippen LogP contribution in [0.1, 0.15) is 35.7 Å². The van der Waals surface area contributed by atoms with Crippen molar-refractivity contribution >= 4 is 5.91 Å². The Morgan fingerprint density at radius 3 is 3.00 bits per heavy atom. The molecule has 3 heteroatoms. The van der Waals surface area contributed by atoms with Crippen LogP contribution in [-0.4, -0.2) is 11.9 Å². The number of carbonyl (C=O) groups excluding carboxylic acids is 1. The van der Waals surface area contributed by atoms with Crippen LogP contribution in [0.3, 0.4) is 0 Å². The second-order valence-electron chi connectivity index (χ2n) is 4.39. The zero-order valence-corrected chi connectivity index (χ0v) is 9.57. The first kappa shape index (κ1) is 11.1. The number of rotatable bonds is 4. The van der Waals surface area contributed by atoms with Crippen LogP contribution in [0.15, 0.2) is 24.3 Å². The molecule has 2 rings (SSSR count). The minimum absolute atomic E-state index is 0.0243. The highest BCUT2D eigenvalue weighted by molar-refractivity contribution is 5.94. The lowest BCUT2D eigenvalue weighted by Crippen LogP contribution is -2.26. The normalized spacial score (nSPS) is 22.9. The fraction of sp³-hybridized carbons (Fsp3) is 0.462. The van der Waals surface area contributed by atoms with Crippen LogP contribution in [0.4, 0.5) is 0 Å². The van der Waals surface area contributed by atoms with E-state index in [4.69, 9.17) is 5.73 Å². The molecule has 0 bridgehead atoms. The van der Waals surface area contributed by atoms with Crippen LogP contribution < -0.4 is 11.1 Å². The molecular weight excluding hydrogens is 200 g/mol. The number of amides is 1. The van der Waals surface area contributed by atoms with E-state index in [1.165, 1.54) is 0 Å². The molecule has 86 valence electrons. The molecule has 0 aromatic heterocycles. The first-order valence-corrected chi connectivity index (χ1v) is 5.84. The molecule has 2 atom stereocenters. The number of nitrogens with two attached hydrogens (primary N) is 1. The quantitative estimate of drug-likeness (QED) is 0.807. The van der Waals surface area contributed by atoms with Gasteiger partial charge in [-0.3, -0.25) is 4.79 Å². The van der Waals surface area contributed by atoms with Crippen molar-refractivity contribution in [1.29, 1.82) is 0 Å². The van der Waals surface area contributed by atoms with Gasteiger partial charge in [0.25, 0.3) is 5.91 Å². The second kappa shape index (κ2) is 4.66. The van der Waals surface area contributed by atoms with Crippen molar-refractivity contribution in [2.75, 3.05) is 0 Å². The third-order valence-corrected chi connectivity index (χ3v) is 3.19. The number of hydrogen-bond acceptors (Lipinski definition) is 2. The van der Waals surface area contributed by atoms with Crippen molar-refractivity contribution in [2.45, 2.75) is 32.4 Å². The van der Waals surface area contributed by atoms with Crippen molar-refractivity contribution in [3.05, 3.63) is 35.4 Å². The Kier molecular flexibility index (Phi) is 3.25. The molecule has 1 amide bonds. The van der Waals surface area contributed by atoms with Crippen molar-refractivity contribution in [1.82, 2.24) is 5.32 Å². The Bertz CT molecular complexity index is 389. The van der Waals surface area contributed by atoms with Gasteiger partial charge in [0, 0.05) is 18.2 Å². The van der Waals surface area contributed by atoms with E-state index in [0.717, 1.165) is 18.4 Å². The summed E-state index contributed by atoms with van der Waals surface area (Å²) >= 11 is 0. The molecule has 0 saturated heterocycles. The Morgan fingerprint density at radius 2 is 2.38 bits per heavy atom. The summed E-state index contributed by atoms with van der Waals surface area (Å²) in [6.45, 7) is 2.63. The van der Waals surface area contributed by atoms with Gasteiger partial charge in [-0.1, -0.05) is 25.5 Å². The standard InChI is InChI=1S/C13H18N2O/c1-2-10-7-12(10)15-13(16)11-5-3-4-9(6-11)8-14/h3-6,10,12H,2,7-8,14H2,1H3,(H,15,16). The maximum Gasteiger partial charge on any atom is 0.251 e. The van der Waals surface area contributed by atoms with Crippen LogP contribution in [-0.2, 0) is 6.54 Å². The summed E-state index contributed by atoms with van der Waals surface area (Å²) in [5.41, 5.74) is 7.25. The molecule has 1 aliphatic rings. The Hall–Kier alpha value is -1.35. The lowest BCUT2D eigenvalue weighted by Gasteiger charge is -2.05. The van der Waals surface area contributed by atoms with Crippen molar-refractivity contribution < 1.29 is 4.79 Å². The van der Waals surface area contributed by atoms with Crippen LogP contribution in [0.5, 0.6) is 0 Å². The predicted molar refractivity (Wildman–Crippen MR) is 64.0 cm³/mol. The topological polar surface area (TPSA) is 55.1 Å². The second-order valence-corrected chi connectivity index (χ2v) is 4.39. The van der Waals surface area contributed by atoms with Gasteiger partial charge in [-0.2, -0.15) is 0 Å². The lowest BCUT2D eigenvalue weighted by atomic mass is 10.1. The molecule has 1 aromatic rings. The van der Waals surface area contributed by atoms with Crippen LogP contribution in [0, 0.1) is 5.92 Å². The van der Waals surface area contributed by atoms with E-state index in [0.29, 0.717) is 24.1 Å². The van der Waals surface area contributed by atoms with E-state index >= 15 is 0 Å². The zero-order chi connectivity index (χ0) is 11.5. The van der Waals surface area contributed by atoms with Gasteiger partial charge in [-0.05, 0) is 30.0 Å². The summed E-state index contributed by atoms with van der Waals surface area (Å²) in [6.07, 6.45) is 2.27. The molecule has 0 heterocycles. The number of hydrogen-bond donors (Lipinski definition) is 2. The highest BCUT2D eigenvalue weighted by Gasteiger charge is 2.36. The van der Waals surface area contributed by atoms with Crippen LogP contribution in [0.2, 0.25) is 0 Å². The number of nitrogens with one attached hydrogen (secondary N) is 1. The highest BCUT2D eigenvalue weighted by Crippen LogP contribution is 2.33. The van der Waals surface area contributed by atoms with Crippen molar-refractivity contribution in [2.24, 2.45) is 11.7 Å². The first-order chi connectivity index (χ1) is 7.74. The molecule has 0 spiro atoms. The minimum Gasteiger partial charge on any atom is -0.349 e. The lowest BCUT2D eigenvalue weighted by molar-refractivity contribution is 0.0949. The molecule has 2 unspecified atom stereocenters. The smallest absolute Gasteiger partial charge is 0.251 e. The first-order valence-electron chi connectivity index (χ1n) is 5.84. The highest BCUT2D eigenvalue weighted by atomic mass is 16.1. The molecule has 1 aromatic carbocycles. The van der Waals surface area contributed by atoms with Gasteiger partial charge in [-0.25, -0.2) is 0 Å². The average Bonchev–Trinajstić information content (AvgIpc) is 3.07. The van der Waals surface area contributed by atoms with E-state index in [2.05, 4.69) is 12.2 Å². The van der Waals surface area contributed by atoms with E-state index < -0.39 is 0 Å². The summed E-state index contributed by atoms with van der Waals surface area (Å²) in [6, 6.07) is 7.89. The number of carbonyl (C=O) groups is 1. The van der Waals surface area contributed by atoms with E-state index in [1.54, 1.807) is 0 Å². The summed E-state index contributed by atoms with van der Waals surface area (Å²) < 4.78 is 0. The molecule has 1 saturated carbocycles. The van der Waals surface area contributed by atoms with E-state index in [9.17, 15) is 4.79 Å². The maximum atomic E-state index is 11.9. The molecule has 3 N–H and O–H groups in total. The average molecular weight is 218 g/mol. The van der Waals surface area contributed by atoms with Crippen LogP contribution >= 0.6 is 0 Å². The van der Waals surface area contributed by atoms with Gasteiger partial charge < -0.3 is 11.1 Å². The molecule has 1 aliphatic carbocycles. The van der Waals surface area contributed by atoms with E-state index in [1.807, 2.05) is 24.3 Å². The fourth-order valence-corrected chi connectivity index (χ4v) is 1.97. The third kappa shape index (κ3) is 2.42. The maximum absolute atomic E-state index is 11.9. The predicted octanol–water partition coefficient (Wildman–Crippen LogP) is 1.67.